The van der Waals surface area contributed by atoms with Gasteiger partial charge in [-0.15, -0.1) is 10.2 Å². The van der Waals surface area contributed by atoms with E-state index in [1.807, 2.05) is 35.0 Å². The molecule has 0 radical (unpaired) electrons. The van der Waals surface area contributed by atoms with Crippen molar-refractivity contribution in [3.8, 4) is 5.88 Å². The molecule has 7 nitrogen and oxygen atoms in total. The lowest BCUT2D eigenvalue weighted by atomic mass is 10.2. The van der Waals surface area contributed by atoms with Crippen LogP contribution >= 0.6 is 0 Å². The molecule has 0 aliphatic carbocycles. The standard InChI is InChI=1S/C27H30FN5O2/c1-31(20-23-9-11-24(28)12-10-23)25-13-14-26(30-29-25)35-21-27(34)33-18-16-32(17-19-33)15-5-8-22-6-3-2-4-7-22/h2-14H,15-21H2,1H3/b8-5+. The van der Waals surface area contributed by atoms with Gasteiger partial charge in [0.05, 0.1) is 0 Å². The van der Waals surface area contributed by atoms with Crippen LogP contribution in [-0.4, -0.2) is 72.3 Å². The molecule has 0 N–H and O–H groups in total. The van der Waals surface area contributed by atoms with Crippen LogP contribution in [-0.2, 0) is 11.3 Å². The molecule has 0 atom stereocenters. The van der Waals surface area contributed by atoms with Crippen LogP contribution in [0.1, 0.15) is 11.1 Å². The minimum Gasteiger partial charge on any atom is -0.466 e. The molecule has 3 aromatic rings. The van der Waals surface area contributed by atoms with Gasteiger partial charge in [-0.05, 0) is 29.3 Å². The van der Waals surface area contributed by atoms with Gasteiger partial charge in [-0.1, -0.05) is 54.6 Å². The van der Waals surface area contributed by atoms with Crippen LogP contribution in [0.5, 0.6) is 5.88 Å². The molecule has 1 saturated heterocycles. The number of amides is 1. The molecule has 2 aromatic carbocycles. The number of nitrogens with zero attached hydrogens (tertiary/aromatic N) is 5. The van der Waals surface area contributed by atoms with Crippen molar-refractivity contribution < 1.29 is 13.9 Å². The van der Waals surface area contributed by atoms with E-state index in [9.17, 15) is 9.18 Å². The van der Waals surface area contributed by atoms with Crippen LogP contribution in [0.25, 0.3) is 6.08 Å². The number of hydrogen-bond donors (Lipinski definition) is 0. The fourth-order valence-electron chi connectivity index (χ4n) is 3.85. The molecular weight excluding hydrogens is 445 g/mol. The van der Waals surface area contributed by atoms with Crippen molar-refractivity contribution in [3.63, 3.8) is 0 Å². The third-order valence-electron chi connectivity index (χ3n) is 5.89. The molecule has 0 spiro atoms. The average molecular weight is 476 g/mol. The van der Waals surface area contributed by atoms with Crippen LogP contribution in [0, 0.1) is 5.82 Å². The fraction of sp³-hybridized carbons (Fsp3) is 0.296. The molecular formula is C27H30FN5O2. The summed E-state index contributed by atoms with van der Waals surface area (Å²) in [6, 6.07) is 20.1. The molecule has 35 heavy (non-hydrogen) atoms. The fourth-order valence-corrected chi connectivity index (χ4v) is 3.85. The Morgan fingerprint density at radius 3 is 2.43 bits per heavy atom. The summed E-state index contributed by atoms with van der Waals surface area (Å²) < 4.78 is 18.7. The average Bonchev–Trinajstić information content (AvgIpc) is 2.90. The van der Waals surface area contributed by atoms with Crippen molar-refractivity contribution in [2.45, 2.75) is 6.54 Å². The number of hydrogen-bond acceptors (Lipinski definition) is 6. The third-order valence-corrected chi connectivity index (χ3v) is 5.89. The van der Waals surface area contributed by atoms with Gasteiger partial charge in [-0.3, -0.25) is 9.69 Å². The number of aromatic nitrogens is 2. The summed E-state index contributed by atoms with van der Waals surface area (Å²) in [7, 11) is 1.88. The molecule has 8 heteroatoms. The molecule has 1 aliphatic heterocycles. The topological polar surface area (TPSA) is 61.8 Å². The third kappa shape index (κ3) is 7.35. The van der Waals surface area contributed by atoms with Crippen LogP contribution in [0.2, 0.25) is 0 Å². The number of rotatable bonds is 9. The van der Waals surface area contributed by atoms with E-state index in [0.717, 1.165) is 25.2 Å². The van der Waals surface area contributed by atoms with Gasteiger partial charge in [0.15, 0.2) is 12.4 Å². The van der Waals surface area contributed by atoms with Crippen molar-refractivity contribution >= 4 is 17.8 Å². The molecule has 1 fully saturated rings. The molecule has 1 amide bonds. The zero-order valence-electron chi connectivity index (χ0n) is 19.9. The second-order valence-electron chi connectivity index (χ2n) is 8.50. The Balaban J connectivity index is 1.17. The highest BCUT2D eigenvalue weighted by molar-refractivity contribution is 5.77. The van der Waals surface area contributed by atoms with Crippen LogP contribution in [0.3, 0.4) is 0 Å². The first-order valence-electron chi connectivity index (χ1n) is 11.7. The number of benzene rings is 2. The largest absolute Gasteiger partial charge is 0.466 e. The molecule has 2 heterocycles. The summed E-state index contributed by atoms with van der Waals surface area (Å²) >= 11 is 0. The monoisotopic (exact) mass is 475 g/mol. The smallest absolute Gasteiger partial charge is 0.260 e. The molecule has 1 aliphatic rings. The number of halogens is 1. The number of carbonyl (C=O) groups is 1. The highest BCUT2D eigenvalue weighted by atomic mass is 19.1. The lowest BCUT2D eigenvalue weighted by Crippen LogP contribution is -2.49. The van der Waals surface area contributed by atoms with E-state index in [0.29, 0.717) is 31.3 Å². The highest BCUT2D eigenvalue weighted by Crippen LogP contribution is 2.15. The molecule has 182 valence electrons. The van der Waals surface area contributed by atoms with Crippen molar-refractivity contribution in [3.05, 3.63) is 89.8 Å². The van der Waals surface area contributed by atoms with E-state index < -0.39 is 0 Å². The second kappa shape index (κ2) is 12.1. The van der Waals surface area contributed by atoms with Gasteiger partial charge < -0.3 is 14.5 Å². The van der Waals surface area contributed by atoms with Crippen molar-refractivity contribution in [1.82, 2.24) is 20.0 Å². The summed E-state index contributed by atoms with van der Waals surface area (Å²) in [4.78, 5) is 18.6. The van der Waals surface area contributed by atoms with E-state index >= 15 is 0 Å². The van der Waals surface area contributed by atoms with Crippen molar-refractivity contribution in [2.75, 3.05) is 51.3 Å². The Bertz CT molecular complexity index is 1100. The number of carbonyl (C=O) groups excluding carboxylic acids is 1. The first-order chi connectivity index (χ1) is 17.1. The van der Waals surface area contributed by atoms with Gasteiger partial charge in [0.1, 0.15) is 5.82 Å². The summed E-state index contributed by atoms with van der Waals surface area (Å²) in [5.41, 5.74) is 2.16. The Hall–Kier alpha value is -3.78. The van der Waals surface area contributed by atoms with E-state index in [2.05, 4.69) is 39.4 Å². The van der Waals surface area contributed by atoms with E-state index in [4.69, 9.17) is 4.74 Å². The number of anilines is 1. The highest BCUT2D eigenvalue weighted by Gasteiger charge is 2.21. The quantitative estimate of drug-likeness (QED) is 0.472. The Labute approximate surface area is 205 Å². The van der Waals surface area contributed by atoms with Gasteiger partial charge in [-0.2, -0.15) is 0 Å². The summed E-state index contributed by atoms with van der Waals surface area (Å²) in [6.45, 7) is 4.40. The second-order valence-corrected chi connectivity index (χ2v) is 8.50. The molecule has 0 saturated carbocycles. The van der Waals surface area contributed by atoms with Gasteiger partial charge in [0.25, 0.3) is 5.91 Å². The lowest BCUT2D eigenvalue weighted by Gasteiger charge is -2.34. The maximum atomic E-state index is 13.1. The minimum atomic E-state index is -0.259. The minimum absolute atomic E-state index is 0.0521. The van der Waals surface area contributed by atoms with Crippen molar-refractivity contribution in [1.29, 1.82) is 0 Å². The Kier molecular flexibility index (Phi) is 8.40. The zero-order valence-corrected chi connectivity index (χ0v) is 19.9. The van der Waals surface area contributed by atoms with Gasteiger partial charge >= 0.3 is 0 Å². The van der Waals surface area contributed by atoms with Gasteiger partial charge in [0, 0.05) is 52.4 Å². The number of piperazine rings is 1. The molecule has 0 bridgehead atoms. The molecule has 1 aromatic heterocycles. The summed E-state index contributed by atoms with van der Waals surface area (Å²) in [5.74, 6) is 0.654. The SMILES string of the molecule is CN(Cc1ccc(F)cc1)c1ccc(OCC(=O)N2CCN(C/C=C/c3ccccc3)CC2)nn1. The van der Waals surface area contributed by atoms with Crippen LogP contribution in [0.4, 0.5) is 10.2 Å². The Morgan fingerprint density at radius 2 is 1.74 bits per heavy atom. The summed E-state index contributed by atoms with van der Waals surface area (Å²) in [5, 5.41) is 8.26. The van der Waals surface area contributed by atoms with Crippen LogP contribution in [0.15, 0.2) is 72.8 Å². The Morgan fingerprint density at radius 1 is 1.00 bits per heavy atom. The van der Waals surface area contributed by atoms with Crippen molar-refractivity contribution in [2.24, 2.45) is 0 Å². The van der Waals surface area contributed by atoms with E-state index in [-0.39, 0.29) is 18.3 Å². The van der Waals surface area contributed by atoms with Crippen LogP contribution < -0.4 is 9.64 Å². The lowest BCUT2D eigenvalue weighted by molar-refractivity contribution is -0.135. The molecule has 4 rings (SSSR count). The summed E-state index contributed by atoms with van der Waals surface area (Å²) in [6.07, 6.45) is 4.29. The molecule has 0 unspecified atom stereocenters. The van der Waals surface area contributed by atoms with Gasteiger partial charge in [-0.25, -0.2) is 4.39 Å². The zero-order chi connectivity index (χ0) is 24.5. The predicted molar refractivity (Wildman–Crippen MR) is 135 cm³/mol. The maximum Gasteiger partial charge on any atom is 0.260 e. The van der Waals surface area contributed by atoms with E-state index in [1.54, 1.807) is 24.3 Å². The first-order valence-corrected chi connectivity index (χ1v) is 11.7. The normalized spacial score (nSPS) is 14.3. The van der Waals surface area contributed by atoms with E-state index in [1.165, 1.54) is 17.7 Å². The number of ether oxygens (including phenoxy) is 1. The first kappa shape index (κ1) is 24.3. The van der Waals surface area contributed by atoms with Gasteiger partial charge in [0.2, 0.25) is 5.88 Å². The predicted octanol–water partition coefficient (Wildman–Crippen LogP) is 3.49. The maximum absolute atomic E-state index is 13.1.